The largest absolute Gasteiger partial charge is 0.494 e. The van der Waals surface area contributed by atoms with Crippen LogP contribution >= 0.6 is 0 Å². The number of carbonyl (C=O) groups is 1. The summed E-state index contributed by atoms with van der Waals surface area (Å²) in [7, 11) is -4.24. The normalized spacial score (nSPS) is 12.2. The van der Waals surface area contributed by atoms with E-state index in [1.54, 1.807) is 24.3 Å². The summed E-state index contributed by atoms with van der Waals surface area (Å²) in [5.74, 6) is -1.85. The molecule has 0 unspecified atom stereocenters. The van der Waals surface area contributed by atoms with Crippen molar-refractivity contribution in [2.24, 2.45) is 5.73 Å². The van der Waals surface area contributed by atoms with Gasteiger partial charge in [0.05, 0.1) is 18.1 Å². The molecule has 0 saturated carbocycles. The highest BCUT2D eigenvalue weighted by atomic mass is 32.2. The molecule has 0 aliphatic rings. The molecule has 0 saturated heterocycles. The fraction of sp³-hybridized carbons (Fsp3) is 0.300. The van der Waals surface area contributed by atoms with Gasteiger partial charge < -0.3 is 15.6 Å². The lowest BCUT2D eigenvalue weighted by atomic mass is 10.1. The number of aryl methyl sites for hydroxylation is 1. The van der Waals surface area contributed by atoms with Crippen molar-refractivity contribution in [2.75, 3.05) is 13.2 Å². The number of carboxylic acid groups (broad SMARTS) is 1. The molecule has 2 aromatic carbocycles. The van der Waals surface area contributed by atoms with Crippen LogP contribution in [0.1, 0.15) is 17.5 Å². The number of guanidine groups is 1. The van der Waals surface area contributed by atoms with Crippen LogP contribution in [0.4, 0.5) is 4.39 Å². The van der Waals surface area contributed by atoms with E-state index >= 15 is 0 Å². The van der Waals surface area contributed by atoms with Crippen molar-refractivity contribution < 1.29 is 32.3 Å². The van der Waals surface area contributed by atoms with E-state index in [1.807, 2.05) is 0 Å². The summed E-state index contributed by atoms with van der Waals surface area (Å²) in [6.07, 6.45) is 0.415. The zero-order valence-electron chi connectivity index (χ0n) is 17.3. The molecule has 6 N–H and O–H groups in total. The van der Waals surface area contributed by atoms with E-state index in [-0.39, 0.29) is 23.9 Å². The molecule has 32 heavy (non-hydrogen) atoms. The van der Waals surface area contributed by atoms with E-state index < -0.39 is 27.9 Å². The topological polar surface area (TPSA) is 164 Å². The summed E-state index contributed by atoms with van der Waals surface area (Å²) >= 11 is 0. The number of aliphatic carboxylic acids is 1. The van der Waals surface area contributed by atoms with Crippen LogP contribution in [-0.4, -0.2) is 44.7 Å². The number of hydrogen-bond donors (Lipinski definition) is 5. The van der Waals surface area contributed by atoms with E-state index in [2.05, 4.69) is 10.2 Å². The van der Waals surface area contributed by atoms with Crippen molar-refractivity contribution in [3.05, 3.63) is 59.4 Å². The summed E-state index contributed by atoms with van der Waals surface area (Å²) in [5, 5.41) is 16.4. The fourth-order valence-corrected chi connectivity index (χ4v) is 4.15. The fourth-order valence-electron chi connectivity index (χ4n) is 2.70. The second-order valence-electron chi connectivity index (χ2n) is 6.84. The van der Waals surface area contributed by atoms with Gasteiger partial charge in [-0.15, -0.1) is 0 Å². The quantitative estimate of drug-likeness (QED) is 0.135. The molecule has 0 fully saturated rings. The predicted molar refractivity (Wildman–Crippen MR) is 114 cm³/mol. The van der Waals surface area contributed by atoms with Crippen LogP contribution in [0.15, 0.2) is 47.4 Å². The maximum absolute atomic E-state index is 13.5. The molecule has 0 heterocycles. The Kier molecular flexibility index (Phi) is 8.93. The molecule has 12 heteroatoms. The van der Waals surface area contributed by atoms with Gasteiger partial charge in [-0.25, -0.2) is 18.3 Å². The number of benzene rings is 2. The highest BCUT2D eigenvalue weighted by molar-refractivity contribution is 7.89. The summed E-state index contributed by atoms with van der Waals surface area (Å²) in [6.45, 7) is 2.11. The first-order valence-corrected chi connectivity index (χ1v) is 11.0. The lowest BCUT2D eigenvalue weighted by molar-refractivity contribution is -0.138. The number of hydroxylamine groups is 1. The SMILES string of the molecule is Cc1ccc(F)cc1S(=O)(=O)N[C@@H](Cc1ccc(OCCCONC(=N)N)cc1)C(=O)O. The van der Waals surface area contributed by atoms with Crippen LogP contribution in [0.3, 0.4) is 0 Å². The van der Waals surface area contributed by atoms with Gasteiger partial charge in [-0.3, -0.25) is 15.0 Å². The number of ether oxygens (including phenoxy) is 1. The summed E-state index contributed by atoms with van der Waals surface area (Å²) in [6, 6.07) is 8.36. The molecule has 1 atom stereocenters. The number of nitrogens with two attached hydrogens (primary N) is 1. The van der Waals surface area contributed by atoms with Crippen molar-refractivity contribution in [1.82, 2.24) is 10.2 Å². The Morgan fingerprint density at radius 1 is 1.22 bits per heavy atom. The van der Waals surface area contributed by atoms with Gasteiger partial charge in [-0.05, 0) is 48.7 Å². The molecule has 0 aliphatic carbocycles. The minimum atomic E-state index is -4.24. The van der Waals surface area contributed by atoms with Crippen molar-refractivity contribution >= 4 is 22.0 Å². The van der Waals surface area contributed by atoms with Gasteiger partial charge in [0.25, 0.3) is 0 Å². The molecule has 10 nitrogen and oxygen atoms in total. The standard InChI is InChI=1S/C20H25FN4O6S/c1-13-3-6-15(21)12-18(13)32(28,29)25-17(19(26)27)11-14-4-7-16(8-5-14)30-9-2-10-31-24-20(22)23/h3-8,12,17,25H,2,9-11H2,1H3,(H,26,27)(H4,22,23,24)/t17-/m0/s1. The molecule has 0 radical (unpaired) electrons. The lowest BCUT2D eigenvalue weighted by Crippen LogP contribution is -2.42. The van der Waals surface area contributed by atoms with Crippen LogP contribution in [0, 0.1) is 18.2 Å². The summed E-state index contributed by atoms with van der Waals surface area (Å²) in [4.78, 5) is 16.2. The minimum Gasteiger partial charge on any atom is -0.494 e. The van der Waals surface area contributed by atoms with Gasteiger partial charge in [0, 0.05) is 6.42 Å². The maximum Gasteiger partial charge on any atom is 0.322 e. The Hall–Kier alpha value is -3.22. The van der Waals surface area contributed by atoms with Crippen molar-refractivity contribution in [3.63, 3.8) is 0 Å². The Balaban J connectivity index is 1.96. The van der Waals surface area contributed by atoms with Crippen LogP contribution in [0.2, 0.25) is 0 Å². The number of nitrogens with one attached hydrogen (secondary N) is 3. The van der Waals surface area contributed by atoms with Crippen LogP contribution in [-0.2, 0) is 26.1 Å². The molecule has 0 bridgehead atoms. The first-order valence-electron chi connectivity index (χ1n) is 9.53. The number of hydrogen-bond acceptors (Lipinski definition) is 6. The Morgan fingerprint density at radius 2 is 1.91 bits per heavy atom. The van der Waals surface area contributed by atoms with E-state index in [0.717, 1.165) is 12.1 Å². The minimum absolute atomic E-state index is 0.117. The average Bonchev–Trinajstić information content (AvgIpc) is 2.72. The number of halogens is 1. The summed E-state index contributed by atoms with van der Waals surface area (Å²) in [5.41, 5.74) is 8.13. The van der Waals surface area contributed by atoms with Gasteiger partial charge >= 0.3 is 5.97 Å². The molecule has 0 amide bonds. The molecular formula is C20H25FN4O6S. The second kappa shape index (κ2) is 11.4. The van der Waals surface area contributed by atoms with Gasteiger partial charge in [-0.1, -0.05) is 18.2 Å². The van der Waals surface area contributed by atoms with E-state index in [0.29, 0.717) is 29.9 Å². The first kappa shape index (κ1) is 25.0. The van der Waals surface area contributed by atoms with Gasteiger partial charge in [0.1, 0.15) is 17.6 Å². The van der Waals surface area contributed by atoms with Crippen molar-refractivity contribution in [1.29, 1.82) is 5.41 Å². The molecule has 174 valence electrons. The van der Waals surface area contributed by atoms with E-state index in [4.69, 9.17) is 20.7 Å². The predicted octanol–water partition coefficient (Wildman–Crippen LogP) is 1.29. The first-order chi connectivity index (χ1) is 15.1. The van der Waals surface area contributed by atoms with Crippen molar-refractivity contribution in [3.8, 4) is 5.75 Å². The van der Waals surface area contributed by atoms with E-state index in [1.165, 1.54) is 13.0 Å². The third-order valence-corrected chi connectivity index (χ3v) is 5.85. The third-order valence-electron chi connectivity index (χ3n) is 4.24. The smallest absolute Gasteiger partial charge is 0.322 e. The van der Waals surface area contributed by atoms with Crippen molar-refractivity contribution in [2.45, 2.75) is 30.7 Å². The molecular weight excluding hydrogens is 443 g/mol. The molecule has 0 aliphatic heterocycles. The van der Waals surface area contributed by atoms with Crippen LogP contribution in [0.25, 0.3) is 0 Å². The Labute approximate surface area is 185 Å². The van der Waals surface area contributed by atoms with Crippen LogP contribution < -0.4 is 20.7 Å². The molecule has 2 aromatic rings. The van der Waals surface area contributed by atoms with Gasteiger partial charge in [0.15, 0.2) is 0 Å². The molecule has 2 rings (SSSR count). The zero-order chi connectivity index (χ0) is 23.7. The van der Waals surface area contributed by atoms with Crippen LogP contribution in [0.5, 0.6) is 5.75 Å². The average molecular weight is 469 g/mol. The highest BCUT2D eigenvalue weighted by Gasteiger charge is 2.27. The highest BCUT2D eigenvalue weighted by Crippen LogP contribution is 2.18. The molecule has 0 aromatic heterocycles. The van der Waals surface area contributed by atoms with Gasteiger partial charge in [0.2, 0.25) is 16.0 Å². The number of sulfonamides is 1. The zero-order valence-corrected chi connectivity index (χ0v) is 18.1. The Bertz CT molecular complexity index is 1050. The van der Waals surface area contributed by atoms with E-state index in [9.17, 15) is 22.7 Å². The number of carboxylic acids is 1. The maximum atomic E-state index is 13.5. The lowest BCUT2D eigenvalue weighted by Gasteiger charge is -2.16. The monoisotopic (exact) mass is 468 g/mol. The number of rotatable bonds is 12. The Morgan fingerprint density at radius 3 is 2.53 bits per heavy atom. The molecule has 0 spiro atoms. The second-order valence-corrected chi connectivity index (χ2v) is 8.52. The van der Waals surface area contributed by atoms with Gasteiger partial charge in [-0.2, -0.15) is 4.72 Å². The summed E-state index contributed by atoms with van der Waals surface area (Å²) < 4.78 is 46.4. The third kappa shape index (κ3) is 7.80.